The number of carboxylic acids is 1. The molecule has 0 spiro atoms. The predicted octanol–water partition coefficient (Wildman–Crippen LogP) is 2.25. The Balaban J connectivity index is 2.20. The van der Waals surface area contributed by atoms with E-state index in [0.29, 0.717) is 17.7 Å². The van der Waals surface area contributed by atoms with Crippen molar-refractivity contribution >= 4 is 23.3 Å². The Morgan fingerprint density at radius 3 is 2.65 bits per heavy atom. The molecule has 1 unspecified atom stereocenters. The van der Waals surface area contributed by atoms with E-state index in [-0.39, 0.29) is 5.78 Å². The molecule has 5 heteroatoms. The average Bonchev–Trinajstić information content (AvgIpc) is 2.60. The minimum Gasteiger partial charge on any atom is -0.481 e. The Hall–Kier alpha value is -2.17. The van der Waals surface area contributed by atoms with Crippen molar-refractivity contribution in [2.75, 3.05) is 5.32 Å². The second-order valence-electron chi connectivity index (χ2n) is 5.05. The average molecular weight is 275 g/mol. The third-order valence-electron chi connectivity index (χ3n) is 3.54. The summed E-state index contributed by atoms with van der Waals surface area (Å²) in [4.78, 5) is 34.4. The summed E-state index contributed by atoms with van der Waals surface area (Å²) in [6.45, 7) is 1.33. The number of hydrogen-bond acceptors (Lipinski definition) is 3. The Bertz CT molecular complexity index is 565. The number of amides is 1. The molecule has 1 aliphatic carbocycles. The number of hydrogen-bond donors (Lipinski definition) is 2. The minimum absolute atomic E-state index is 0.0832. The molecule has 0 saturated heterocycles. The highest BCUT2D eigenvalue weighted by Gasteiger charge is 2.21. The highest BCUT2D eigenvalue weighted by Crippen LogP contribution is 2.24. The van der Waals surface area contributed by atoms with Gasteiger partial charge in [-0.2, -0.15) is 0 Å². The van der Waals surface area contributed by atoms with Gasteiger partial charge in [-0.15, -0.1) is 0 Å². The Morgan fingerprint density at radius 2 is 1.95 bits per heavy atom. The highest BCUT2D eigenvalue weighted by molar-refractivity contribution is 6.05. The molecule has 0 bridgehead atoms. The number of nitrogens with one attached hydrogen (secondary N) is 1. The third-order valence-corrected chi connectivity index (χ3v) is 3.54. The first-order valence-corrected chi connectivity index (χ1v) is 6.69. The van der Waals surface area contributed by atoms with E-state index in [2.05, 4.69) is 5.32 Å². The summed E-state index contributed by atoms with van der Waals surface area (Å²) in [5, 5.41) is 11.3. The second-order valence-corrected chi connectivity index (χ2v) is 5.05. The number of carbonyl (C=O) groups excluding carboxylic acids is 2. The monoisotopic (exact) mass is 275 g/mol. The molecule has 0 saturated carbocycles. The first-order valence-electron chi connectivity index (χ1n) is 6.69. The van der Waals surface area contributed by atoms with Crippen molar-refractivity contribution in [3.8, 4) is 0 Å². The van der Waals surface area contributed by atoms with Crippen LogP contribution in [0, 0.1) is 5.92 Å². The van der Waals surface area contributed by atoms with Gasteiger partial charge in [0.15, 0.2) is 5.78 Å². The maximum atomic E-state index is 12.0. The quantitative estimate of drug-likeness (QED) is 0.654. The maximum Gasteiger partial charge on any atom is 0.315 e. The molecule has 5 nitrogen and oxygen atoms in total. The molecule has 1 aliphatic rings. The van der Waals surface area contributed by atoms with E-state index in [1.54, 1.807) is 12.1 Å². The van der Waals surface area contributed by atoms with E-state index in [1.807, 2.05) is 6.07 Å². The van der Waals surface area contributed by atoms with Gasteiger partial charge >= 0.3 is 5.97 Å². The van der Waals surface area contributed by atoms with Crippen LogP contribution in [0.5, 0.6) is 0 Å². The van der Waals surface area contributed by atoms with Crippen molar-refractivity contribution < 1.29 is 19.5 Å². The number of benzene rings is 1. The van der Waals surface area contributed by atoms with Gasteiger partial charge in [-0.1, -0.05) is 6.07 Å². The zero-order chi connectivity index (χ0) is 14.7. The van der Waals surface area contributed by atoms with Crippen LogP contribution in [0.4, 0.5) is 5.69 Å². The summed E-state index contributed by atoms with van der Waals surface area (Å²) in [6, 6.07) is 5.19. The molecular formula is C15H17NO4. The normalized spacial score (nSPS) is 15.9. The lowest BCUT2D eigenvalue weighted by molar-refractivity contribution is -0.144. The molecule has 0 heterocycles. The number of fused-ring (bicyclic) bond motifs is 1. The Labute approximate surface area is 117 Å². The molecule has 2 N–H and O–H groups in total. The largest absolute Gasteiger partial charge is 0.481 e. The topological polar surface area (TPSA) is 83.5 Å². The van der Waals surface area contributed by atoms with E-state index in [0.717, 1.165) is 24.8 Å². The standard InChI is InChI=1S/C15H17NO4/c1-9(15(19)20)14(18)16-11-7-6-10-4-2-3-5-13(17)12(10)8-11/h6-9H,2-5H2,1H3,(H,16,18)(H,19,20). The number of ketones is 1. The summed E-state index contributed by atoms with van der Waals surface area (Å²) in [5.74, 6) is -2.80. The van der Waals surface area contributed by atoms with Crippen LogP contribution in [-0.2, 0) is 16.0 Å². The van der Waals surface area contributed by atoms with Gasteiger partial charge in [-0.3, -0.25) is 14.4 Å². The van der Waals surface area contributed by atoms with Crippen molar-refractivity contribution in [2.24, 2.45) is 5.92 Å². The lowest BCUT2D eigenvalue weighted by Crippen LogP contribution is -2.27. The highest BCUT2D eigenvalue weighted by atomic mass is 16.4. The van der Waals surface area contributed by atoms with Crippen molar-refractivity contribution in [1.29, 1.82) is 0 Å². The van der Waals surface area contributed by atoms with Crippen LogP contribution in [0.15, 0.2) is 18.2 Å². The van der Waals surface area contributed by atoms with E-state index in [4.69, 9.17) is 5.11 Å². The van der Waals surface area contributed by atoms with Crippen LogP contribution < -0.4 is 5.32 Å². The second kappa shape index (κ2) is 5.86. The number of aliphatic carboxylic acids is 1. The van der Waals surface area contributed by atoms with E-state index in [1.165, 1.54) is 6.92 Å². The molecular weight excluding hydrogens is 258 g/mol. The molecule has 0 fully saturated rings. The van der Waals surface area contributed by atoms with Gasteiger partial charge in [0.05, 0.1) is 0 Å². The van der Waals surface area contributed by atoms with Crippen LogP contribution in [-0.4, -0.2) is 22.8 Å². The summed E-state index contributed by atoms with van der Waals surface area (Å²) in [6.07, 6.45) is 3.25. The van der Waals surface area contributed by atoms with Crippen molar-refractivity contribution in [3.05, 3.63) is 29.3 Å². The number of carbonyl (C=O) groups is 3. The van der Waals surface area contributed by atoms with Gasteiger partial charge in [0, 0.05) is 17.7 Å². The van der Waals surface area contributed by atoms with Crippen LogP contribution >= 0.6 is 0 Å². The molecule has 20 heavy (non-hydrogen) atoms. The first-order chi connectivity index (χ1) is 9.49. The zero-order valence-electron chi connectivity index (χ0n) is 11.3. The number of Topliss-reactive ketones (excluding diaryl/α,β-unsaturated/α-hetero) is 1. The molecule has 2 rings (SSSR count). The number of carboxylic acid groups (broad SMARTS) is 1. The summed E-state index contributed by atoms with van der Waals surface area (Å²) >= 11 is 0. The van der Waals surface area contributed by atoms with Gasteiger partial charge in [0.1, 0.15) is 5.92 Å². The number of aryl methyl sites for hydroxylation is 1. The molecule has 1 aromatic carbocycles. The summed E-state index contributed by atoms with van der Waals surface area (Å²) in [5.41, 5.74) is 2.11. The van der Waals surface area contributed by atoms with Crippen molar-refractivity contribution in [1.82, 2.24) is 0 Å². The predicted molar refractivity (Wildman–Crippen MR) is 73.8 cm³/mol. The molecule has 1 atom stereocenters. The maximum absolute atomic E-state index is 12.0. The van der Waals surface area contributed by atoms with E-state index < -0.39 is 17.8 Å². The van der Waals surface area contributed by atoms with Crippen LogP contribution in [0.25, 0.3) is 0 Å². The molecule has 0 aromatic heterocycles. The van der Waals surface area contributed by atoms with Crippen molar-refractivity contribution in [2.45, 2.75) is 32.6 Å². The van der Waals surface area contributed by atoms with E-state index in [9.17, 15) is 14.4 Å². The number of rotatable bonds is 3. The molecule has 1 aromatic rings. The fraction of sp³-hybridized carbons (Fsp3) is 0.400. The van der Waals surface area contributed by atoms with E-state index >= 15 is 0 Å². The lowest BCUT2D eigenvalue weighted by Gasteiger charge is -2.11. The Morgan fingerprint density at radius 1 is 1.25 bits per heavy atom. The molecule has 106 valence electrons. The summed E-state index contributed by atoms with van der Waals surface area (Å²) in [7, 11) is 0. The lowest BCUT2D eigenvalue weighted by atomic mass is 10.0. The molecule has 1 amide bonds. The smallest absolute Gasteiger partial charge is 0.315 e. The fourth-order valence-electron chi connectivity index (χ4n) is 2.23. The van der Waals surface area contributed by atoms with Gasteiger partial charge in [-0.05, 0) is 43.9 Å². The number of anilines is 1. The van der Waals surface area contributed by atoms with Gasteiger partial charge in [0.25, 0.3) is 0 Å². The summed E-state index contributed by atoms with van der Waals surface area (Å²) < 4.78 is 0. The Kier molecular flexibility index (Phi) is 4.17. The van der Waals surface area contributed by atoms with Crippen molar-refractivity contribution in [3.63, 3.8) is 0 Å². The van der Waals surface area contributed by atoms with Gasteiger partial charge in [0.2, 0.25) is 5.91 Å². The first kappa shape index (κ1) is 14.2. The van der Waals surface area contributed by atoms with Crippen LogP contribution in [0.3, 0.4) is 0 Å². The molecule has 0 aliphatic heterocycles. The SMILES string of the molecule is CC(C(=O)O)C(=O)Nc1ccc2c(c1)C(=O)CCCC2. The van der Waals surface area contributed by atoms with Gasteiger partial charge in [-0.25, -0.2) is 0 Å². The molecule has 0 radical (unpaired) electrons. The third kappa shape index (κ3) is 3.04. The zero-order valence-corrected chi connectivity index (χ0v) is 11.3. The van der Waals surface area contributed by atoms with Crippen LogP contribution in [0.1, 0.15) is 42.1 Å². The minimum atomic E-state index is -1.17. The van der Waals surface area contributed by atoms with Gasteiger partial charge < -0.3 is 10.4 Å². The fourth-order valence-corrected chi connectivity index (χ4v) is 2.23. The van der Waals surface area contributed by atoms with Crippen LogP contribution in [0.2, 0.25) is 0 Å².